The minimum Gasteiger partial charge on any atom is -0.326 e. The number of nitrogens with zero attached hydrogens (tertiary/aromatic N) is 1. The first-order valence-corrected chi connectivity index (χ1v) is 9.06. The van der Waals surface area contributed by atoms with Crippen molar-refractivity contribution in [1.82, 2.24) is 10.2 Å². The van der Waals surface area contributed by atoms with E-state index in [4.69, 9.17) is 0 Å². The Kier molecular flexibility index (Phi) is 6.20. The molecule has 0 saturated carbocycles. The summed E-state index contributed by atoms with van der Waals surface area (Å²) >= 11 is 0. The molecule has 4 nitrogen and oxygen atoms in total. The zero-order valence-corrected chi connectivity index (χ0v) is 14.8. The molecule has 0 spiro atoms. The van der Waals surface area contributed by atoms with Crippen LogP contribution in [0.25, 0.3) is 0 Å². The second kappa shape index (κ2) is 8.79. The highest BCUT2D eigenvalue weighted by Gasteiger charge is 2.24. The Labute approximate surface area is 150 Å². The van der Waals surface area contributed by atoms with Gasteiger partial charge in [-0.1, -0.05) is 48.5 Å². The predicted molar refractivity (Wildman–Crippen MR) is 102 cm³/mol. The lowest BCUT2D eigenvalue weighted by atomic mass is 10.1. The van der Waals surface area contributed by atoms with Crippen LogP contribution in [-0.4, -0.2) is 36.0 Å². The zero-order valence-electron chi connectivity index (χ0n) is 14.8. The Hall–Kier alpha value is -2.17. The lowest BCUT2D eigenvalue weighted by Gasteiger charge is -2.20. The van der Waals surface area contributed by atoms with Crippen LogP contribution in [0, 0.1) is 0 Å². The summed E-state index contributed by atoms with van der Waals surface area (Å²) in [4.78, 5) is 14.6. The van der Waals surface area contributed by atoms with Crippen LogP contribution in [0.4, 0.5) is 5.69 Å². The fraction of sp³-hybridized carbons (Fsp3) is 0.381. The maximum absolute atomic E-state index is 12.1. The third-order valence-electron chi connectivity index (χ3n) is 4.59. The van der Waals surface area contributed by atoms with E-state index in [1.54, 1.807) is 0 Å². The van der Waals surface area contributed by atoms with Crippen molar-refractivity contribution in [3.8, 4) is 0 Å². The van der Waals surface area contributed by atoms with Crippen LogP contribution >= 0.6 is 0 Å². The van der Waals surface area contributed by atoms with Crippen molar-refractivity contribution in [2.45, 2.75) is 38.4 Å². The van der Waals surface area contributed by atoms with Crippen LogP contribution in [0.2, 0.25) is 0 Å². The molecule has 2 atom stereocenters. The predicted octanol–water partition coefficient (Wildman–Crippen LogP) is 3.27. The molecule has 0 aromatic heterocycles. The SMILES string of the molecule is CC(CC(=O)Nc1ccccc1)NC1CCN(Cc2ccccc2)C1. The molecule has 0 aliphatic carbocycles. The molecule has 1 aliphatic heterocycles. The van der Waals surface area contributed by atoms with Gasteiger partial charge in [-0.25, -0.2) is 0 Å². The number of hydrogen-bond acceptors (Lipinski definition) is 3. The van der Waals surface area contributed by atoms with Crippen LogP contribution in [-0.2, 0) is 11.3 Å². The van der Waals surface area contributed by atoms with E-state index in [0.717, 1.165) is 31.7 Å². The number of carbonyl (C=O) groups excluding carboxylic acids is 1. The molecule has 2 unspecified atom stereocenters. The summed E-state index contributed by atoms with van der Waals surface area (Å²) in [5, 5.41) is 6.56. The van der Waals surface area contributed by atoms with Gasteiger partial charge in [-0.15, -0.1) is 0 Å². The molecule has 4 heteroatoms. The first kappa shape index (κ1) is 17.6. The highest BCUT2D eigenvalue weighted by molar-refractivity contribution is 5.90. The van der Waals surface area contributed by atoms with Gasteiger partial charge in [-0.05, 0) is 31.0 Å². The van der Waals surface area contributed by atoms with Crippen molar-refractivity contribution in [2.24, 2.45) is 0 Å². The lowest BCUT2D eigenvalue weighted by molar-refractivity contribution is -0.116. The van der Waals surface area contributed by atoms with Crippen molar-refractivity contribution in [1.29, 1.82) is 0 Å². The lowest BCUT2D eigenvalue weighted by Crippen LogP contribution is -2.40. The molecule has 1 heterocycles. The maximum Gasteiger partial charge on any atom is 0.225 e. The van der Waals surface area contributed by atoms with Crippen LogP contribution in [0.1, 0.15) is 25.3 Å². The van der Waals surface area contributed by atoms with Crippen molar-refractivity contribution in [3.05, 3.63) is 66.2 Å². The number of nitrogens with one attached hydrogen (secondary N) is 2. The second-order valence-corrected chi connectivity index (χ2v) is 6.89. The Balaban J connectivity index is 1.39. The summed E-state index contributed by atoms with van der Waals surface area (Å²) < 4.78 is 0. The van der Waals surface area contributed by atoms with E-state index in [9.17, 15) is 4.79 Å². The van der Waals surface area contributed by atoms with Gasteiger partial charge >= 0.3 is 0 Å². The monoisotopic (exact) mass is 337 g/mol. The molecule has 132 valence electrons. The molecule has 2 aromatic carbocycles. The Morgan fingerprint density at radius 3 is 2.52 bits per heavy atom. The number of amides is 1. The van der Waals surface area contributed by atoms with Gasteiger partial charge in [0.05, 0.1) is 0 Å². The molecule has 2 aromatic rings. The highest BCUT2D eigenvalue weighted by atomic mass is 16.1. The molecule has 25 heavy (non-hydrogen) atoms. The minimum absolute atomic E-state index is 0.0605. The maximum atomic E-state index is 12.1. The van der Waals surface area contributed by atoms with Gasteiger partial charge in [0.25, 0.3) is 0 Å². The summed E-state index contributed by atoms with van der Waals surface area (Å²) in [5.41, 5.74) is 2.22. The number of carbonyl (C=O) groups is 1. The summed E-state index contributed by atoms with van der Waals surface area (Å²) in [5.74, 6) is 0.0605. The number of benzene rings is 2. The molecular formula is C21H27N3O. The topological polar surface area (TPSA) is 44.4 Å². The van der Waals surface area contributed by atoms with Crippen LogP contribution in [0.3, 0.4) is 0 Å². The first-order chi connectivity index (χ1) is 12.2. The second-order valence-electron chi connectivity index (χ2n) is 6.89. The summed E-state index contributed by atoms with van der Waals surface area (Å²) in [6.45, 7) is 5.24. The number of para-hydroxylation sites is 1. The fourth-order valence-corrected chi connectivity index (χ4v) is 3.43. The molecule has 1 fully saturated rings. The molecule has 2 N–H and O–H groups in total. The number of anilines is 1. The largest absolute Gasteiger partial charge is 0.326 e. The van der Waals surface area contributed by atoms with Crippen molar-refractivity contribution >= 4 is 11.6 Å². The Bertz CT molecular complexity index is 659. The molecule has 1 amide bonds. The minimum atomic E-state index is 0.0605. The van der Waals surface area contributed by atoms with Crippen LogP contribution < -0.4 is 10.6 Å². The molecule has 0 radical (unpaired) electrons. The highest BCUT2D eigenvalue weighted by Crippen LogP contribution is 2.14. The molecule has 3 rings (SSSR count). The van der Waals surface area contributed by atoms with Gasteiger partial charge in [0.1, 0.15) is 0 Å². The number of hydrogen-bond donors (Lipinski definition) is 2. The van der Waals surface area contributed by atoms with Crippen molar-refractivity contribution in [2.75, 3.05) is 18.4 Å². The smallest absolute Gasteiger partial charge is 0.225 e. The first-order valence-electron chi connectivity index (χ1n) is 9.06. The average molecular weight is 337 g/mol. The van der Waals surface area contributed by atoms with Gasteiger partial charge in [0.15, 0.2) is 0 Å². The Morgan fingerprint density at radius 2 is 1.80 bits per heavy atom. The number of rotatable bonds is 7. The van der Waals surface area contributed by atoms with Gasteiger partial charge < -0.3 is 10.6 Å². The van der Waals surface area contributed by atoms with E-state index in [1.807, 2.05) is 30.3 Å². The van der Waals surface area contributed by atoms with E-state index in [1.165, 1.54) is 5.56 Å². The molecule has 0 bridgehead atoms. The summed E-state index contributed by atoms with van der Waals surface area (Å²) in [7, 11) is 0. The van der Waals surface area contributed by atoms with Crippen LogP contribution in [0.5, 0.6) is 0 Å². The third kappa shape index (κ3) is 5.69. The standard InChI is InChI=1S/C21H27N3O/c1-17(14-21(25)23-19-10-6-3-7-11-19)22-20-12-13-24(16-20)15-18-8-4-2-5-9-18/h2-11,17,20,22H,12-16H2,1H3,(H,23,25). The third-order valence-corrected chi connectivity index (χ3v) is 4.59. The van der Waals surface area contributed by atoms with Crippen molar-refractivity contribution < 1.29 is 4.79 Å². The van der Waals surface area contributed by atoms with E-state index < -0.39 is 0 Å². The normalized spacial score (nSPS) is 18.8. The molecule has 1 aliphatic rings. The molecule has 1 saturated heterocycles. The van der Waals surface area contributed by atoms with Crippen LogP contribution in [0.15, 0.2) is 60.7 Å². The van der Waals surface area contributed by atoms with E-state index >= 15 is 0 Å². The quantitative estimate of drug-likeness (QED) is 0.815. The van der Waals surface area contributed by atoms with E-state index in [-0.39, 0.29) is 11.9 Å². The molecular weight excluding hydrogens is 310 g/mol. The Morgan fingerprint density at radius 1 is 1.12 bits per heavy atom. The number of likely N-dealkylation sites (tertiary alicyclic amines) is 1. The summed E-state index contributed by atoms with van der Waals surface area (Å²) in [6.07, 6.45) is 1.63. The van der Waals surface area contributed by atoms with Gasteiger partial charge in [-0.2, -0.15) is 0 Å². The van der Waals surface area contributed by atoms with E-state index in [2.05, 4.69) is 52.8 Å². The van der Waals surface area contributed by atoms with Gasteiger partial charge in [0.2, 0.25) is 5.91 Å². The summed E-state index contributed by atoms with van der Waals surface area (Å²) in [6, 6.07) is 20.9. The van der Waals surface area contributed by atoms with Crippen molar-refractivity contribution in [3.63, 3.8) is 0 Å². The zero-order chi connectivity index (χ0) is 17.5. The fourth-order valence-electron chi connectivity index (χ4n) is 3.43. The van der Waals surface area contributed by atoms with Gasteiger partial charge in [-0.3, -0.25) is 9.69 Å². The van der Waals surface area contributed by atoms with E-state index in [0.29, 0.717) is 12.5 Å². The van der Waals surface area contributed by atoms with Gasteiger partial charge in [0, 0.05) is 43.8 Å². The average Bonchev–Trinajstić information content (AvgIpc) is 3.03.